The van der Waals surface area contributed by atoms with Gasteiger partial charge in [-0.3, -0.25) is 0 Å². The Morgan fingerprint density at radius 3 is 2.21 bits per heavy atom. The van der Waals surface area contributed by atoms with Crippen LogP contribution in [0.4, 0.5) is 0 Å². The molecule has 0 aliphatic rings. The molecule has 0 heterocycles. The van der Waals surface area contributed by atoms with Crippen molar-refractivity contribution < 1.29 is 0 Å². The van der Waals surface area contributed by atoms with Crippen LogP contribution in [0.25, 0.3) is 0 Å². The molecule has 1 N–H and O–H groups in total. The lowest BCUT2D eigenvalue weighted by molar-refractivity contribution is 0.469. The fourth-order valence-electron chi connectivity index (χ4n) is 2.11. The second-order valence-electron chi connectivity index (χ2n) is 5.48. The summed E-state index contributed by atoms with van der Waals surface area (Å²) in [6.07, 6.45) is 0. The molecule has 0 unspecified atom stereocenters. The van der Waals surface area contributed by atoms with Crippen molar-refractivity contribution in [3.05, 3.63) is 70.2 Å². The van der Waals surface area contributed by atoms with Crippen molar-refractivity contribution in [1.82, 2.24) is 5.32 Å². The molecule has 100 valence electrons. The standard InChI is InChI=1S/C17H20BrN/c1-17(2,15-6-4-3-5-7-15)13-19-12-14-8-10-16(18)11-9-14/h3-11,19H,12-13H2,1-2H3. The van der Waals surface area contributed by atoms with Crippen LogP contribution >= 0.6 is 15.9 Å². The molecule has 0 saturated carbocycles. The first-order chi connectivity index (χ1) is 9.08. The molecule has 0 spiro atoms. The number of hydrogen-bond donors (Lipinski definition) is 1. The molecule has 19 heavy (non-hydrogen) atoms. The van der Waals surface area contributed by atoms with Crippen molar-refractivity contribution in [2.75, 3.05) is 6.54 Å². The minimum absolute atomic E-state index is 0.149. The molecule has 0 radical (unpaired) electrons. The summed E-state index contributed by atoms with van der Waals surface area (Å²) >= 11 is 3.46. The molecular formula is C17H20BrN. The molecule has 0 bridgehead atoms. The molecule has 0 atom stereocenters. The minimum atomic E-state index is 0.149. The lowest BCUT2D eigenvalue weighted by atomic mass is 9.84. The molecule has 1 nitrogen and oxygen atoms in total. The van der Waals surface area contributed by atoms with Gasteiger partial charge in [-0.25, -0.2) is 0 Å². The maximum absolute atomic E-state index is 3.54. The van der Waals surface area contributed by atoms with Gasteiger partial charge in [0.05, 0.1) is 0 Å². The topological polar surface area (TPSA) is 12.0 Å². The quantitative estimate of drug-likeness (QED) is 0.855. The van der Waals surface area contributed by atoms with Gasteiger partial charge in [0.2, 0.25) is 0 Å². The van der Waals surface area contributed by atoms with E-state index in [0.29, 0.717) is 0 Å². The zero-order valence-electron chi connectivity index (χ0n) is 11.5. The molecule has 0 fully saturated rings. The van der Waals surface area contributed by atoms with Crippen molar-refractivity contribution in [2.45, 2.75) is 25.8 Å². The zero-order chi connectivity index (χ0) is 13.7. The third-order valence-corrected chi connectivity index (χ3v) is 3.89. The first-order valence-corrected chi connectivity index (χ1v) is 7.38. The highest BCUT2D eigenvalue weighted by Crippen LogP contribution is 2.21. The van der Waals surface area contributed by atoms with Crippen LogP contribution in [-0.4, -0.2) is 6.54 Å². The highest BCUT2D eigenvalue weighted by atomic mass is 79.9. The first-order valence-electron chi connectivity index (χ1n) is 6.59. The van der Waals surface area contributed by atoms with Gasteiger partial charge < -0.3 is 5.32 Å². The van der Waals surface area contributed by atoms with Crippen molar-refractivity contribution in [1.29, 1.82) is 0 Å². The van der Waals surface area contributed by atoms with Crippen LogP contribution in [0.3, 0.4) is 0 Å². The Kier molecular flexibility index (Phi) is 4.78. The Morgan fingerprint density at radius 2 is 1.58 bits per heavy atom. The second-order valence-corrected chi connectivity index (χ2v) is 6.40. The first kappa shape index (κ1) is 14.3. The van der Waals surface area contributed by atoms with Crippen LogP contribution in [0.2, 0.25) is 0 Å². The fraction of sp³-hybridized carbons (Fsp3) is 0.294. The summed E-state index contributed by atoms with van der Waals surface area (Å²) in [6, 6.07) is 19.1. The van der Waals surface area contributed by atoms with Crippen molar-refractivity contribution in [3.63, 3.8) is 0 Å². The van der Waals surface area contributed by atoms with Gasteiger partial charge in [0.25, 0.3) is 0 Å². The maximum Gasteiger partial charge on any atom is 0.0205 e. The van der Waals surface area contributed by atoms with Gasteiger partial charge in [-0.2, -0.15) is 0 Å². The monoisotopic (exact) mass is 317 g/mol. The Hall–Kier alpha value is -1.12. The van der Waals surface area contributed by atoms with Crippen LogP contribution in [0.5, 0.6) is 0 Å². The summed E-state index contributed by atoms with van der Waals surface area (Å²) in [4.78, 5) is 0. The van der Waals surface area contributed by atoms with Crippen LogP contribution in [-0.2, 0) is 12.0 Å². The van der Waals surface area contributed by atoms with E-state index in [1.807, 2.05) is 0 Å². The Labute approximate surface area is 124 Å². The average molecular weight is 318 g/mol. The Bertz CT molecular complexity index is 503. The fourth-order valence-corrected chi connectivity index (χ4v) is 2.38. The summed E-state index contributed by atoms with van der Waals surface area (Å²) in [5, 5.41) is 3.54. The van der Waals surface area contributed by atoms with Crippen molar-refractivity contribution in [3.8, 4) is 0 Å². The van der Waals surface area contributed by atoms with E-state index in [9.17, 15) is 0 Å². The minimum Gasteiger partial charge on any atom is -0.312 e. The average Bonchev–Trinajstić information content (AvgIpc) is 2.42. The molecule has 0 amide bonds. The van der Waals surface area contributed by atoms with Gasteiger partial charge in [-0.05, 0) is 23.3 Å². The van der Waals surface area contributed by atoms with Crippen molar-refractivity contribution >= 4 is 15.9 Å². The SMILES string of the molecule is CC(C)(CNCc1ccc(Br)cc1)c1ccccc1. The number of benzene rings is 2. The molecule has 2 rings (SSSR count). The smallest absolute Gasteiger partial charge is 0.0205 e. The van der Waals surface area contributed by atoms with E-state index in [1.54, 1.807) is 0 Å². The highest BCUT2D eigenvalue weighted by Gasteiger charge is 2.19. The van der Waals surface area contributed by atoms with Crippen molar-refractivity contribution in [2.24, 2.45) is 0 Å². The Balaban J connectivity index is 1.90. The number of hydrogen-bond acceptors (Lipinski definition) is 1. The molecule has 2 heteroatoms. The van der Waals surface area contributed by atoms with Gasteiger partial charge in [-0.1, -0.05) is 72.2 Å². The summed E-state index contributed by atoms with van der Waals surface area (Å²) in [5.41, 5.74) is 2.83. The van der Waals surface area contributed by atoms with Gasteiger partial charge in [0, 0.05) is 23.0 Å². The van der Waals surface area contributed by atoms with E-state index in [4.69, 9.17) is 0 Å². The lowest BCUT2D eigenvalue weighted by Gasteiger charge is -2.25. The van der Waals surface area contributed by atoms with E-state index < -0.39 is 0 Å². The predicted octanol–water partition coefficient (Wildman–Crippen LogP) is 4.52. The third kappa shape index (κ3) is 4.19. The largest absolute Gasteiger partial charge is 0.312 e. The summed E-state index contributed by atoms with van der Waals surface area (Å²) < 4.78 is 1.13. The molecular weight excluding hydrogens is 298 g/mol. The van der Waals surface area contributed by atoms with Gasteiger partial charge >= 0.3 is 0 Å². The zero-order valence-corrected chi connectivity index (χ0v) is 13.1. The van der Waals surface area contributed by atoms with E-state index >= 15 is 0 Å². The van der Waals surface area contributed by atoms with E-state index in [2.05, 4.69) is 89.7 Å². The van der Waals surface area contributed by atoms with Crippen LogP contribution < -0.4 is 5.32 Å². The van der Waals surface area contributed by atoms with E-state index in [1.165, 1.54) is 11.1 Å². The van der Waals surface area contributed by atoms with Gasteiger partial charge in [-0.15, -0.1) is 0 Å². The number of rotatable bonds is 5. The van der Waals surface area contributed by atoms with E-state index in [0.717, 1.165) is 17.6 Å². The Morgan fingerprint density at radius 1 is 0.947 bits per heavy atom. The second kappa shape index (κ2) is 6.36. The number of halogens is 1. The summed E-state index contributed by atoms with van der Waals surface area (Å²) in [5.74, 6) is 0. The van der Waals surface area contributed by atoms with Gasteiger partial charge in [0.1, 0.15) is 0 Å². The molecule has 0 aromatic heterocycles. The molecule has 0 aliphatic carbocycles. The maximum atomic E-state index is 3.54. The molecule has 0 saturated heterocycles. The third-order valence-electron chi connectivity index (χ3n) is 3.36. The van der Waals surface area contributed by atoms with Crippen LogP contribution in [0.15, 0.2) is 59.1 Å². The lowest BCUT2D eigenvalue weighted by Crippen LogP contribution is -2.32. The molecule has 2 aromatic rings. The summed E-state index contributed by atoms with van der Waals surface area (Å²) in [6.45, 7) is 6.42. The normalized spacial score (nSPS) is 11.5. The van der Waals surface area contributed by atoms with Crippen LogP contribution in [0.1, 0.15) is 25.0 Å². The van der Waals surface area contributed by atoms with Gasteiger partial charge in [0.15, 0.2) is 0 Å². The summed E-state index contributed by atoms with van der Waals surface area (Å²) in [7, 11) is 0. The highest BCUT2D eigenvalue weighted by molar-refractivity contribution is 9.10. The van der Waals surface area contributed by atoms with Crippen LogP contribution in [0, 0.1) is 0 Å². The predicted molar refractivity (Wildman–Crippen MR) is 85.3 cm³/mol. The molecule has 2 aromatic carbocycles. The number of nitrogens with one attached hydrogen (secondary N) is 1. The molecule has 0 aliphatic heterocycles. The van der Waals surface area contributed by atoms with E-state index in [-0.39, 0.29) is 5.41 Å².